The van der Waals surface area contributed by atoms with E-state index in [4.69, 9.17) is 0 Å². The van der Waals surface area contributed by atoms with Crippen molar-refractivity contribution in [2.75, 3.05) is 12.4 Å². The van der Waals surface area contributed by atoms with Gasteiger partial charge in [-0.2, -0.15) is 0 Å². The van der Waals surface area contributed by atoms with Gasteiger partial charge in [-0.3, -0.25) is 0 Å². The van der Waals surface area contributed by atoms with E-state index in [0.717, 1.165) is 17.8 Å². The molecule has 84 valence electrons. The monoisotopic (exact) mass is 259 g/mol. The minimum absolute atomic E-state index is 0.0282. The van der Waals surface area contributed by atoms with Crippen molar-refractivity contribution in [1.82, 2.24) is 9.97 Å². The zero-order chi connectivity index (χ0) is 11.5. The summed E-state index contributed by atoms with van der Waals surface area (Å²) < 4.78 is 27.2. The smallest absolute Gasteiger partial charge is 0.168 e. The van der Waals surface area contributed by atoms with Crippen molar-refractivity contribution in [1.29, 1.82) is 0 Å². The fraction of sp³-hybridized carbons (Fsp3) is 0.111. The van der Waals surface area contributed by atoms with Gasteiger partial charge >= 0.3 is 0 Å². The molecule has 0 saturated carbocycles. The molecule has 0 unspecified atom stereocenters. The van der Waals surface area contributed by atoms with Crippen LogP contribution >= 0.6 is 23.1 Å². The maximum atomic E-state index is 13.4. The molecule has 16 heavy (non-hydrogen) atoms. The number of anilines is 1. The highest BCUT2D eigenvalue weighted by Crippen LogP contribution is 2.31. The van der Waals surface area contributed by atoms with Crippen LogP contribution in [-0.2, 0) is 0 Å². The number of rotatable bonds is 3. The third kappa shape index (κ3) is 2.30. The molecule has 0 radical (unpaired) electrons. The highest BCUT2D eigenvalue weighted by molar-refractivity contribution is 8.01. The Morgan fingerprint density at radius 2 is 2.19 bits per heavy atom. The SMILES string of the molecule is CNc1nc(Sc2nccs2)c(F)cc1F. The zero-order valence-electron chi connectivity index (χ0n) is 8.20. The van der Waals surface area contributed by atoms with E-state index < -0.39 is 11.6 Å². The second-order valence-corrected chi connectivity index (χ2v) is 4.89. The van der Waals surface area contributed by atoms with Crippen LogP contribution in [0.3, 0.4) is 0 Å². The van der Waals surface area contributed by atoms with Gasteiger partial charge in [0, 0.05) is 24.7 Å². The van der Waals surface area contributed by atoms with Gasteiger partial charge in [0.1, 0.15) is 5.03 Å². The summed E-state index contributed by atoms with van der Waals surface area (Å²) in [5.74, 6) is -1.36. The van der Waals surface area contributed by atoms with Crippen LogP contribution in [0.25, 0.3) is 0 Å². The normalized spacial score (nSPS) is 10.4. The fourth-order valence-electron chi connectivity index (χ4n) is 1.04. The average molecular weight is 259 g/mol. The molecule has 0 amide bonds. The molecule has 0 atom stereocenters. The minimum Gasteiger partial charge on any atom is -0.371 e. The van der Waals surface area contributed by atoms with Crippen LogP contribution in [-0.4, -0.2) is 17.0 Å². The molecule has 0 aliphatic heterocycles. The molecule has 0 bridgehead atoms. The molecular weight excluding hydrogens is 252 g/mol. The number of aromatic nitrogens is 2. The lowest BCUT2D eigenvalue weighted by Crippen LogP contribution is -1.99. The predicted molar refractivity (Wildman–Crippen MR) is 59.9 cm³/mol. The second kappa shape index (κ2) is 4.75. The van der Waals surface area contributed by atoms with Crippen molar-refractivity contribution in [2.24, 2.45) is 0 Å². The molecule has 2 aromatic rings. The van der Waals surface area contributed by atoms with Crippen LogP contribution in [0.2, 0.25) is 0 Å². The Kier molecular flexibility index (Phi) is 3.35. The summed E-state index contributed by atoms with van der Waals surface area (Å²) >= 11 is 2.45. The first-order valence-electron chi connectivity index (χ1n) is 4.32. The molecular formula is C9H7F2N3S2. The molecule has 0 aliphatic carbocycles. The average Bonchev–Trinajstić information content (AvgIpc) is 2.75. The first-order valence-corrected chi connectivity index (χ1v) is 6.01. The van der Waals surface area contributed by atoms with Gasteiger partial charge in [-0.05, 0) is 11.8 Å². The van der Waals surface area contributed by atoms with E-state index in [1.165, 1.54) is 18.4 Å². The third-order valence-corrected chi connectivity index (χ3v) is 3.59. The molecule has 1 N–H and O–H groups in total. The summed E-state index contributed by atoms with van der Waals surface area (Å²) in [5.41, 5.74) is 0. The molecule has 0 spiro atoms. The van der Waals surface area contributed by atoms with E-state index in [9.17, 15) is 8.78 Å². The number of pyridine rings is 1. The lowest BCUT2D eigenvalue weighted by molar-refractivity contribution is 0.551. The number of halogens is 2. The highest BCUT2D eigenvalue weighted by atomic mass is 32.2. The van der Waals surface area contributed by atoms with Gasteiger partial charge in [-0.1, -0.05) is 0 Å². The zero-order valence-corrected chi connectivity index (χ0v) is 9.83. The van der Waals surface area contributed by atoms with Crippen molar-refractivity contribution < 1.29 is 8.78 Å². The Balaban J connectivity index is 2.33. The summed E-state index contributed by atoms with van der Waals surface area (Å²) in [6.45, 7) is 0. The third-order valence-electron chi connectivity index (χ3n) is 1.73. The van der Waals surface area contributed by atoms with E-state index in [2.05, 4.69) is 15.3 Å². The van der Waals surface area contributed by atoms with Crippen molar-refractivity contribution in [3.63, 3.8) is 0 Å². The van der Waals surface area contributed by atoms with Crippen LogP contribution in [0.4, 0.5) is 14.6 Å². The molecule has 0 saturated heterocycles. The van der Waals surface area contributed by atoms with Crippen molar-refractivity contribution in [2.45, 2.75) is 9.37 Å². The summed E-state index contributed by atoms with van der Waals surface area (Å²) in [7, 11) is 1.53. The van der Waals surface area contributed by atoms with Crippen LogP contribution in [0.1, 0.15) is 0 Å². The first kappa shape index (κ1) is 11.3. The number of thiazole rings is 1. The van der Waals surface area contributed by atoms with E-state index in [0.29, 0.717) is 4.34 Å². The summed E-state index contributed by atoms with van der Waals surface area (Å²) in [6.07, 6.45) is 1.62. The first-order chi connectivity index (χ1) is 7.70. The van der Waals surface area contributed by atoms with Crippen LogP contribution in [0.15, 0.2) is 27.0 Å². The Morgan fingerprint density at radius 1 is 1.38 bits per heavy atom. The number of hydrogen-bond acceptors (Lipinski definition) is 5. The molecule has 2 heterocycles. The van der Waals surface area contributed by atoms with E-state index in [-0.39, 0.29) is 10.8 Å². The van der Waals surface area contributed by atoms with Gasteiger partial charge in [-0.25, -0.2) is 18.7 Å². The lowest BCUT2D eigenvalue weighted by atomic mass is 10.4. The van der Waals surface area contributed by atoms with Gasteiger partial charge in [0.2, 0.25) is 0 Å². The van der Waals surface area contributed by atoms with Crippen molar-refractivity contribution in [3.05, 3.63) is 29.3 Å². The summed E-state index contributed by atoms with van der Waals surface area (Å²) in [6, 6.07) is 0.814. The number of nitrogens with one attached hydrogen (secondary N) is 1. The highest BCUT2D eigenvalue weighted by Gasteiger charge is 2.13. The maximum Gasteiger partial charge on any atom is 0.168 e. The Bertz CT molecular complexity index is 488. The van der Waals surface area contributed by atoms with Gasteiger partial charge < -0.3 is 5.32 Å². The van der Waals surface area contributed by atoms with Crippen molar-refractivity contribution in [3.8, 4) is 0 Å². The topological polar surface area (TPSA) is 37.8 Å². The molecule has 3 nitrogen and oxygen atoms in total. The van der Waals surface area contributed by atoms with Gasteiger partial charge in [-0.15, -0.1) is 11.3 Å². The molecule has 0 aliphatic rings. The van der Waals surface area contributed by atoms with Crippen LogP contribution in [0.5, 0.6) is 0 Å². The van der Waals surface area contributed by atoms with Crippen LogP contribution in [0, 0.1) is 11.6 Å². The lowest BCUT2D eigenvalue weighted by Gasteiger charge is -2.04. The van der Waals surface area contributed by atoms with Gasteiger partial charge in [0.25, 0.3) is 0 Å². The van der Waals surface area contributed by atoms with E-state index in [1.807, 2.05) is 0 Å². The summed E-state index contributed by atoms with van der Waals surface area (Å²) in [4.78, 5) is 7.82. The quantitative estimate of drug-likeness (QED) is 0.919. The fourth-order valence-corrected chi connectivity index (χ4v) is 2.57. The molecule has 0 fully saturated rings. The minimum atomic E-state index is -0.705. The molecule has 2 rings (SSSR count). The Morgan fingerprint density at radius 3 is 2.81 bits per heavy atom. The van der Waals surface area contributed by atoms with Gasteiger partial charge in [0.05, 0.1) is 0 Å². The molecule has 0 aromatic carbocycles. The summed E-state index contributed by atoms with van der Waals surface area (Å²) in [5, 5.41) is 4.45. The van der Waals surface area contributed by atoms with E-state index >= 15 is 0 Å². The van der Waals surface area contributed by atoms with Gasteiger partial charge in [0.15, 0.2) is 21.8 Å². The second-order valence-electron chi connectivity index (χ2n) is 2.76. The van der Waals surface area contributed by atoms with Crippen LogP contribution < -0.4 is 5.32 Å². The maximum absolute atomic E-state index is 13.4. The predicted octanol–water partition coefficient (Wildman–Crippen LogP) is 3.01. The largest absolute Gasteiger partial charge is 0.371 e. The number of nitrogens with zero attached hydrogens (tertiary/aromatic N) is 2. The van der Waals surface area contributed by atoms with E-state index in [1.54, 1.807) is 11.6 Å². The molecule has 2 aromatic heterocycles. The van der Waals surface area contributed by atoms with Crippen molar-refractivity contribution >= 4 is 28.9 Å². The Labute approximate surface area is 98.9 Å². The Hall–Kier alpha value is -1.21. The standard InChI is InChI=1S/C9H7F2N3S2/c1-12-7-5(10)4-6(11)8(14-7)16-9-13-2-3-15-9/h2-4H,1H3,(H,12,14). The molecule has 7 heteroatoms. The number of hydrogen-bond donors (Lipinski definition) is 1.